The Labute approximate surface area is 115 Å². The lowest BCUT2D eigenvalue weighted by Crippen LogP contribution is -2.44. The SMILES string of the molecule is COCC(N)C(=O)NC(C)c1ccc(C(C)C)cc1. The van der Waals surface area contributed by atoms with E-state index in [2.05, 4.69) is 31.3 Å². The van der Waals surface area contributed by atoms with Crippen LogP contribution in [0.3, 0.4) is 0 Å². The number of benzene rings is 1. The van der Waals surface area contributed by atoms with E-state index in [0.717, 1.165) is 5.56 Å². The molecule has 2 atom stereocenters. The molecule has 4 nitrogen and oxygen atoms in total. The number of amides is 1. The molecule has 0 saturated heterocycles. The van der Waals surface area contributed by atoms with Gasteiger partial charge in [-0.15, -0.1) is 0 Å². The highest BCUT2D eigenvalue weighted by molar-refractivity contribution is 5.82. The third kappa shape index (κ3) is 4.65. The summed E-state index contributed by atoms with van der Waals surface area (Å²) in [5.41, 5.74) is 8.04. The lowest BCUT2D eigenvalue weighted by Gasteiger charge is -2.18. The molecule has 0 aliphatic heterocycles. The summed E-state index contributed by atoms with van der Waals surface area (Å²) in [4.78, 5) is 11.8. The molecule has 0 heterocycles. The molecule has 19 heavy (non-hydrogen) atoms. The van der Waals surface area contributed by atoms with Gasteiger partial charge in [0.25, 0.3) is 0 Å². The fourth-order valence-corrected chi connectivity index (χ4v) is 1.83. The van der Waals surface area contributed by atoms with Gasteiger partial charge in [-0.1, -0.05) is 38.1 Å². The van der Waals surface area contributed by atoms with Crippen molar-refractivity contribution in [1.29, 1.82) is 0 Å². The zero-order valence-electron chi connectivity index (χ0n) is 12.1. The van der Waals surface area contributed by atoms with Crippen molar-refractivity contribution in [1.82, 2.24) is 5.32 Å². The second kappa shape index (κ2) is 7.26. The van der Waals surface area contributed by atoms with E-state index in [1.165, 1.54) is 12.7 Å². The summed E-state index contributed by atoms with van der Waals surface area (Å²) in [6.07, 6.45) is 0. The second-order valence-corrected chi connectivity index (χ2v) is 5.11. The average molecular weight is 264 g/mol. The van der Waals surface area contributed by atoms with Crippen LogP contribution in [0.5, 0.6) is 0 Å². The number of nitrogens with one attached hydrogen (secondary N) is 1. The molecule has 1 aromatic carbocycles. The highest BCUT2D eigenvalue weighted by Gasteiger charge is 2.16. The fraction of sp³-hybridized carbons (Fsp3) is 0.533. The van der Waals surface area contributed by atoms with E-state index in [1.54, 1.807) is 0 Å². The first-order valence-electron chi connectivity index (χ1n) is 6.60. The molecule has 0 fully saturated rings. The van der Waals surface area contributed by atoms with E-state index in [-0.39, 0.29) is 18.6 Å². The van der Waals surface area contributed by atoms with Crippen LogP contribution in [0, 0.1) is 0 Å². The number of nitrogens with two attached hydrogens (primary N) is 1. The van der Waals surface area contributed by atoms with Gasteiger partial charge in [0, 0.05) is 7.11 Å². The minimum Gasteiger partial charge on any atom is -0.383 e. The standard InChI is InChI=1S/C15H24N2O2/c1-10(2)12-5-7-13(8-6-12)11(3)17-15(18)14(16)9-19-4/h5-8,10-11,14H,9,16H2,1-4H3,(H,17,18). The van der Waals surface area contributed by atoms with Crippen LogP contribution in [-0.2, 0) is 9.53 Å². The van der Waals surface area contributed by atoms with Crippen molar-refractivity contribution in [2.24, 2.45) is 5.73 Å². The van der Waals surface area contributed by atoms with Gasteiger partial charge in [0.05, 0.1) is 12.6 Å². The second-order valence-electron chi connectivity index (χ2n) is 5.11. The molecule has 3 N–H and O–H groups in total. The Kier molecular flexibility index (Phi) is 5.99. The molecule has 1 rings (SSSR count). The van der Waals surface area contributed by atoms with Crippen LogP contribution in [0.1, 0.15) is 43.9 Å². The average Bonchev–Trinajstić information content (AvgIpc) is 2.38. The minimum atomic E-state index is -0.623. The Bertz CT molecular complexity index is 401. The predicted octanol–water partition coefficient (Wildman–Crippen LogP) is 1.96. The number of carbonyl (C=O) groups excluding carboxylic acids is 1. The molecule has 0 aromatic heterocycles. The van der Waals surface area contributed by atoms with Gasteiger partial charge in [0.2, 0.25) is 5.91 Å². The highest BCUT2D eigenvalue weighted by Crippen LogP contribution is 2.18. The molecule has 0 aliphatic carbocycles. The quantitative estimate of drug-likeness (QED) is 0.825. The number of methoxy groups -OCH3 is 1. The third-order valence-electron chi connectivity index (χ3n) is 3.14. The number of ether oxygens (including phenoxy) is 1. The Morgan fingerprint density at radius 3 is 2.21 bits per heavy atom. The van der Waals surface area contributed by atoms with E-state index >= 15 is 0 Å². The molecule has 0 saturated carbocycles. The maximum Gasteiger partial charge on any atom is 0.239 e. The van der Waals surface area contributed by atoms with Gasteiger partial charge in [-0.3, -0.25) is 4.79 Å². The topological polar surface area (TPSA) is 64.3 Å². The first-order chi connectivity index (χ1) is 8.95. The zero-order valence-corrected chi connectivity index (χ0v) is 12.1. The van der Waals surface area contributed by atoms with Gasteiger partial charge >= 0.3 is 0 Å². The summed E-state index contributed by atoms with van der Waals surface area (Å²) in [5.74, 6) is 0.316. The Hall–Kier alpha value is -1.39. The van der Waals surface area contributed by atoms with Crippen molar-refractivity contribution < 1.29 is 9.53 Å². The van der Waals surface area contributed by atoms with Crippen molar-refractivity contribution in [3.8, 4) is 0 Å². The molecule has 2 unspecified atom stereocenters. The summed E-state index contributed by atoms with van der Waals surface area (Å²) in [6.45, 7) is 6.49. The number of rotatable bonds is 6. The van der Waals surface area contributed by atoms with Crippen LogP contribution in [0.2, 0.25) is 0 Å². The smallest absolute Gasteiger partial charge is 0.239 e. The number of hydrogen-bond acceptors (Lipinski definition) is 3. The first-order valence-corrected chi connectivity index (χ1v) is 6.60. The first kappa shape index (κ1) is 15.7. The fourth-order valence-electron chi connectivity index (χ4n) is 1.83. The highest BCUT2D eigenvalue weighted by atomic mass is 16.5. The van der Waals surface area contributed by atoms with E-state index < -0.39 is 6.04 Å². The van der Waals surface area contributed by atoms with Crippen LogP contribution in [0.4, 0.5) is 0 Å². The lowest BCUT2D eigenvalue weighted by molar-refractivity contribution is -0.124. The van der Waals surface area contributed by atoms with E-state index in [0.29, 0.717) is 5.92 Å². The number of hydrogen-bond donors (Lipinski definition) is 2. The minimum absolute atomic E-state index is 0.0587. The normalized spacial score (nSPS) is 14.2. The van der Waals surface area contributed by atoms with Gasteiger partial charge in [-0.05, 0) is 24.0 Å². The molecule has 1 amide bonds. The van der Waals surface area contributed by atoms with Gasteiger partial charge in [0.1, 0.15) is 6.04 Å². The molecular weight excluding hydrogens is 240 g/mol. The summed E-state index contributed by atoms with van der Waals surface area (Å²) < 4.78 is 4.87. The van der Waals surface area contributed by atoms with E-state index in [9.17, 15) is 4.79 Å². The molecule has 1 aromatic rings. The Morgan fingerprint density at radius 1 is 1.21 bits per heavy atom. The molecule has 0 radical (unpaired) electrons. The van der Waals surface area contributed by atoms with Crippen LogP contribution in [0.25, 0.3) is 0 Å². The molecule has 4 heteroatoms. The van der Waals surface area contributed by atoms with Crippen molar-refractivity contribution in [2.75, 3.05) is 13.7 Å². The molecule has 0 bridgehead atoms. The lowest BCUT2D eigenvalue weighted by atomic mass is 9.99. The van der Waals surface area contributed by atoms with Crippen LogP contribution in [-0.4, -0.2) is 25.7 Å². The van der Waals surface area contributed by atoms with Crippen LogP contribution >= 0.6 is 0 Å². The van der Waals surface area contributed by atoms with Crippen LogP contribution < -0.4 is 11.1 Å². The summed E-state index contributed by atoms with van der Waals surface area (Å²) in [6, 6.07) is 7.60. The van der Waals surface area contributed by atoms with Crippen molar-refractivity contribution >= 4 is 5.91 Å². The summed E-state index contributed by atoms with van der Waals surface area (Å²) >= 11 is 0. The van der Waals surface area contributed by atoms with Gasteiger partial charge in [-0.25, -0.2) is 0 Å². The monoisotopic (exact) mass is 264 g/mol. The summed E-state index contributed by atoms with van der Waals surface area (Å²) in [7, 11) is 1.53. The van der Waals surface area contributed by atoms with Crippen LogP contribution in [0.15, 0.2) is 24.3 Å². The summed E-state index contributed by atoms with van der Waals surface area (Å²) in [5, 5.41) is 2.89. The Balaban J connectivity index is 2.62. The molecule has 106 valence electrons. The predicted molar refractivity (Wildman–Crippen MR) is 76.9 cm³/mol. The third-order valence-corrected chi connectivity index (χ3v) is 3.14. The van der Waals surface area contributed by atoms with E-state index in [4.69, 9.17) is 10.5 Å². The Morgan fingerprint density at radius 2 is 1.74 bits per heavy atom. The zero-order chi connectivity index (χ0) is 14.4. The van der Waals surface area contributed by atoms with E-state index in [1.807, 2.05) is 19.1 Å². The van der Waals surface area contributed by atoms with Gasteiger partial charge < -0.3 is 15.8 Å². The maximum absolute atomic E-state index is 11.8. The van der Waals surface area contributed by atoms with Crippen molar-refractivity contribution in [3.63, 3.8) is 0 Å². The maximum atomic E-state index is 11.8. The molecular formula is C15H24N2O2. The molecule has 0 aliphatic rings. The van der Waals surface area contributed by atoms with Gasteiger partial charge in [0.15, 0.2) is 0 Å². The largest absolute Gasteiger partial charge is 0.383 e. The van der Waals surface area contributed by atoms with Gasteiger partial charge in [-0.2, -0.15) is 0 Å². The number of carbonyl (C=O) groups is 1. The van der Waals surface area contributed by atoms with Crippen molar-refractivity contribution in [2.45, 2.75) is 38.8 Å². The molecule has 0 spiro atoms. The van der Waals surface area contributed by atoms with Crippen molar-refractivity contribution in [3.05, 3.63) is 35.4 Å².